The molecule has 0 amide bonds. The van der Waals surface area contributed by atoms with Crippen molar-refractivity contribution < 1.29 is 13.6 Å². The van der Waals surface area contributed by atoms with Crippen LogP contribution in [0.5, 0.6) is 0 Å². The van der Waals surface area contributed by atoms with Crippen LogP contribution >= 0.6 is 0 Å². The lowest BCUT2D eigenvalue weighted by atomic mass is 9.73. The molecule has 0 aromatic heterocycles. The highest BCUT2D eigenvalue weighted by molar-refractivity contribution is 5.82. The summed E-state index contributed by atoms with van der Waals surface area (Å²) in [5, 5.41) is 0. The van der Waals surface area contributed by atoms with Crippen molar-refractivity contribution in [1.29, 1.82) is 0 Å². The molecule has 3 heteroatoms. The van der Waals surface area contributed by atoms with Crippen LogP contribution in [-0.2, 0) is 11.2 Å². The van der Waals surface area contributed by atoms with E-state index in [2.05, 4.69) is 13.8 Å². The molecule has 0 saturated heterocycles. The van der Waals surface area contributed by atoms with Crippen LogP contribution in [0, 0.1) is 29.4 Å². The molecule has 1 aromatic rings. The first-order valence-electron chi connectivity index (χ1n) is 6.93. The van der Waals surface area contributed by atoms with Gasteiger partial charge in [0, 0.05) is 18.4 Å². The molecule has 1 saturated carbocycles. The summed E-state index contributed by atoms with van der Waals surface area (Å²) in [6, 6.07) is 3.52. The van der Waals surface area contributed by atoms with E-state index >= 15 is 0 Å². The third-order valence-electron chi connectivity index (χ3n) is 4.15. The minimum absolute atomic E-state index is 0.0812. The van der Waals surface area contributed by atoms with Gasteiger partial charge in [0.2, 0.25) is 0 Å². The third kappa shape index (κ3) is 3.62. The maximum Gasteiger partial charge on any atom is 0.136 e. The number of hydrogen-bond acceptors (Lipinski definition) is 1. The lowest BCUT2D eigenvalue weighted by Gasteiger charge is -2.30. The average molecular weight is 266 g/mol. The van der Waals surface area contributed by atoms with Gasteiger partial charge < -0.3 is 0 Å². The first-order chi connectivity index (χ1) is 8.95. The number of ketones is 1. The van der Waals surface area contributed by atoms with E-state index in [1.54, 1.807) is 0 Å². The second-order valence-electron chi connectivity index (χ2n) is 5.92. The fourth-order valence-electron chi connectivity index (χ4n) is 2.96. The molecule has 0 aliphatic heterocycles. The molecule has 2 atom stereocenters. The number of hydrogen-bond donors (Lipinski definition) is 0. The summed E-state index contributed by atoms with van der Waals surface area (Å²) in [6.07, 6.45) is 2.85. The molecule has 1 aromatic carbocycles. The molecule has 0 N–H and O–H groups in total. The molecule has 104 valence electrons. The molecule has 0 radical (unpaired) electrons. The van der Waals surface area contributed by atoms with Crippen molar-refractivity contribution >= 4 is 5.78 Å². The molecular formula is C16H20F2O. The van der Waals surface area contributed by atoms with E-state index in [0.29, 0.717) is 30.2 Å². The van der Waals surface area contributed by atoms with Gasteiger partial charge in [-0.25, -0.2) is 8.78 Å². The van der Waals surface area contributed by atoms with Crippen LogP contribution in [0.3, 0.4) is 0 Å². The predicted molar refractivity (Wildman–Crippen MR) is 70.7 cm³/mol. The van der Waals surface area contributed by atoms with Crippen molar-refractivity contribution in [1.82, 2.24) is 0 Å². The zero-order valence-corrected chi connectivity index (χ0v) is 11.5. The Hall–Kier alpha value is -1.25. The molecular weight excluding hydrogens is 246 g/mol. The Bertz CT molecular complexity index is 448. The Kier molecular flexibility index (Phi) is 4.33. The normalized spacial score (nSPS) is 23.9. The minimum atomic E-state index is -0.571. The fourth-order valence-corrected chi connectivity index (χ4v) is 2.96. The molecule has 19 heavy (non-hydrogen) atoms. The third-order valence-corrected chi connectivity index (χ3v) is 4.15. The number of benzene rings is 1. The van der Waals surface area contributed by atoms with Gasteiger partial charge in [-0.15, -0.1) is 0 Å². The fraction of sp³-hybridized carbons (Fsp3) is 0.562. The zero-order valence-electron chi connectivity index (χ0n) is 11.5. The van der Waals surface area contributed by atoms with Gasteiger partial charge in [-0.3, -0.25) is 4.79 Å². The Morgan fingerprint density at radius 3 is 2.42 bits per heavy atom. The monoisotopic (exact) mass is 266 g/mol. The summed E-state index contributed by atoms with van der Waals surface area (Å²) >= 11 is 0. The van der Waals surface area contributed by atoms with E-state index in [1.807, 2.05) is 0 Å². The summed E-state index contributed by atoms with van der Waals surface area (Å²) in [5.41, 5.74) is 0.584. The van der Waals surface area contributed by atoms with E-state index in [4.69, 9.17) is 0 Å². The van der Waals surface area contributed by atoms with Gasteiger partial charge in [-0.1, -0.05) is 13.8 Å². The highest BCUT2D eigenvalue weighted by atomic mass is 19.1. The van der Waals surface area contributed by atoms with Gasteiger partial charge >= 0.3 is 0 Å². The lowest BCUT2D eigenvalue weighted by molar-refractivity contribution is -0.125. The molecule has 0 heterocycles. The maximum absolute atomic E-state index is 13.2. The summed E-state index contributed by atoms with van der Waals surface area (Å²) in [6.45, 7) is 4.33. The van der Waals surface area contributed by atoms with Crippen LogP contribution in [0.25, 0.3) is 0 Å². The highest BCUT2D eigenvalue weighted by Gasteiger charge is 2.30. The second-order valence-corrected chi connectivity index (χ2v) is 5.92. The predicted octanol–water partition coefficient (Wildman–Crippen LogP) is 4.15. The van der Waals surface area contributed by atoms with E-state index < -0.39 is 11.6 Å². The summed E-state index contributed by atoms with van der Waals surface area (Å²) < 4.78 is 26.3. The van der Waals surface area contributed by atoms with Gasteiger partial charge in [0.05, 0.1) is 0 Å². The molecule has 1 aliphatic carbocycles. The van der Waals surface area contributed by atoms with Crippen molar-refractivity contribution in [2.24, 2.45) is 17.8 Å². The van der Waals surface area contributed by atoms with Gasteiger partial charge in [0.25, 0.3) is 0 Å². The van der Waals surface area contributed by atoms with Crippen LogP contribution in [0.15, 0.2) is 18.2 Å². The molecule has 1 nitrogen and oxygen atoms in total. The minimum Gasteiger partial charge on any atom is -0.299 e. The molecule has 2 unspecified atom stereocenters. The summed E-state index contributed by atoms with van der Waals surface area (Å²) in [5.74, 6) is 0.113. The standard InChI is InChI=1S/C16H20F2O/c1-10(2)12-3-4-16(19)13(8-12)5-11-6-14(17)9-15(18)7-11/h6-7,9-10,12-13H,3-5,8H2,1-2H3. The Morgan fingerprint density at radius 2 is 1.84 bits per heavy atom. The molecule has 2 rings (SSSR count). The van der Waals surface area contributed by atoms with Crippen LogP contribution in [-0.4, -0.2) is 5.78 Å². The van der Waals surface area contributed by atoms with E-state index in [1.165, 1.54) is 12.1 Å². The first kappa shape index (κ1) is 14.2. The number of rotatable bonds is 3. The number of Topliss-reactive ketones (excluding diaryl/α,β-unsaturated/α-hetero) is 1. The Balaban J connectivity index is 2.09. The zero-order chi connectivity index (χ0) is 14.0. The van der Waals surface area contributed by atoms with Gasteiger partial charge in [0.1, 0.15) is 17.4 Å². The van der Waals surface area contributed by atoms with Crippen molar-refractivity contribution in [3.63, 3.8) is 0 Å². The van der Waals surface area contributed by atoms with E-state index in [9.17, 15) is 13.6 Å². The number of carbonyl (C=O) groups excluding carboxylic acids is 1. The highest BCUT2D eigenvalue weighted by Crippen LogP contribution is 2.33. The van der Waals surface area contributed by atoms with E-state index in [0.717, 1.165) is 18.9 Å². The molecule has 0 bridgehead atoms. The van der Waals surface area contributed by atoms with Crippen molar-refractivity contribution in [2.75, 3.05) is 0 Å². The van der Waals surface area contributed by atoms with Crippen LogP contribution in [0.1, 0.15) is 38.7 Å². The topological polar surface area (TPSA) is 17.1 Å². The molecule has 1 aliphatic rings. The van der Waals surface area contributed by atoms with Crippen LogP contribution < -0.4 is 0 Å². The Labute approximate surface area is 113 Å². The molecule has 1 fully saturated rings. The van der Waals surface area contributed by atoms with Crippen LogP contribution in [0.2, 0.25) is 0 Å². The molecule has 0 spiro atoms. The quantitative estimate of drug-likeness (QED) is 0.803. The van der Waals surface area contributed by atoms with Crippen LogP contribution in [0.4, 0.5) is 8.78 Å². The number of carbonyl (C=O) groups is 1. The largest absolute Gasteiger partial charge is 0.299 e. The Morgan fingerprint density at radius 1 is 1.21 bits per heavy atom. The van der Waals surface area contributed by atoms with Gasteiger partial charge in [-0.2, -0.15) is 0 Å². The summed E-state index contributed by atoms with van der Waals surface area (Å²) in [7, 11) is 0. The SMILES string of the molecule is CC(C)C1CCC(=O)C(Cc2cc(F)cc(F)c2)C1. The van der Waals surface area contributed by atoms with Crippen molar-refractivity contribution in [3.8, 4) is 0 Å². The first-order valence-corrected chi connectivity index (χ1v) is 6.93. The van der Waals surface area contributed by atoms with E-state index in [-0.39, 0.29) is 11.7 Å². The number of halogens is 2. The second kappa shape index (κ2) is 5.81. The van der Waals surface area contributed by atoms with Gasteiger partial charge in [0.15, 0.2) is 0 Å². The van der Waals surface area contributed by atoms with Crippen molar-refractivity contribution in [2.45, 2.75) is 39.5 Å². The van der Waals surface area contributed by atoms with Gasteiger partial charge in [-0.05, 0) is 48.8 Å². The average Bonchev–Trinajstić information content (AvgIpc) is 2.30. The maximum atomic E-state index is 13.2. The smallest absolute Gasteiger partial charge is 0.136 e. The lowest BCUT2D eigenvalue weighted by Crippen LogP contribution is -2.29. The van der Waals surface area contributed by atoms with Crippen molar-refractivity contribution in [3.05, 3.63) is 35.4 Å². The summed E-state index contributed by atoms with van der Waals surface area (Å²) in [4.78, 5) is 11.9.